The van der Waals surface area contributed by atoms with E-state index in [4.69, 9.17) is 4.42 Å². The summed E-state index contributed by atoms with van der Waals surface area (Å²) in [5.41, 5.74) is 21.9. The molecule has 14 rings (SSSR count). The summed E-state index contributed by atoms with van der Waals surface area (Å²) in [4.78, 5) is 5.22. The molecule has 69 heavy (non-hydrogen) atoms. The van der Waals surface area contributed by atoms with Crippen molar-refractivity contribution < 1.29 is 4.42 Å². The van der Waals surface area contributed by atoms with Crippen LogP contribution in [-0.2, 0) is 10.8 Å². The quantitative estimate of drug-likeness (QED) is 0.164. The van der Waals surface area contributed by atoms with Crippen molar-refractivity contribution in [3.63, 3.8) is 0 Å². The van der Waals surface area contributed by atoms with Gasteiger partial charge in [-0.2, -0.15) is 0 Å². The Kier molecular flexibility index (Phi) is 8.52. The predicted octanol–water partition coefficient (Wildman–Crippen LogP) is 16.6. The Morgan fingerprint density at radius 2 is 1.00 bits per heavy atom. The highest BCUT2D eigenvalue weighted by Gasteiger charge is 2.47. The van der Waals surface area contributed by atoms with Crippen molar-refractivity contribution in [2.24, 2.45) is 0 Å². The second-order valence-electron chi connectivity index (χ2n) is 21.1. The number of hydrogen-bond donors (Lipinski definition) is 0. The monoisotopic (exact) mass is 886 g/mol. The highest BCUT2D eigenvalue weighted by atomic mass is 16.3. The number of rotatable bonds is 4. The number of hydrogen-bond acceptors (Lipinski definition) is 3. The first kappa shape index (κ1) is 40.3. The molecule has 2 aliphatic heterocycles. The fourth-order valence-corrected chi connectivity index (χ4v) is 12.5. The van der Waals surface area contributed by atoms with Gasteiger partial charge in [-0.15, -0.1) is 0 Å². The highest BCUT2D eigenvalue weighted by molar-refractivity contribution is 6.94. The van der Waals surface area contributed by atoms with Crippen LogP contribution in [0.4, 0.5) is 28.4 Å². The molecule has 4 heteroatoms. The molecule has 1 aromatic heterocycles. The van der Waals surface area contributed by atoms with Gasteiger partial charge in [0.05, 0.1) is 0 Å². The number of anilines is 5. The summed E-state index contributed by atoms with van der Waals surface area (Å²) in [6, 6.07) is 72.7. The summed E-state index contributed by atoms with van der Waals surface area (Å²) in [5.74, 6) is 0. The number of nitrogens with zero attached hydrogens (tertiary/aromatic N) is 2. The summed E-state index contributed by atoms with van der Waals surface area (Å²) in [6.45, 7) is 11.8. The Morgan fingerprint density at radius 3 is 1.71 bits per heavy atom. The van der Waals surface area contributed by atoms with Gasteiger partial charge in [0.25, 0.3) is 0 Å². The van der Waals surface area contributed by atoms with Crippen molar-refractivity contribution in [3.8, 4) is 33.4 Å². The molecular formula is C65H51BN2O. The van der Waals surface area contributed by atoms with Crippen LogP contribution in [0.5, 0.6) is 0 Å². The van der Waals surface area contributed by atoms with E-state index in [0.717, 1.165) is 46.5 Å². The molecule has 3 heterocycles. The van der Waals surface area contributed by atoms with Crippen molar-refractivity contribution in [2.75, 3.05) is 9.71 Å². The summed E-state index contributed by atoms with van der Waals surface area (Å²) in [5, 5.41) is 7.33. The zero-order valence-electron chi connectivity index (χ0n) is 39.8. The minimum Gasteiger partial charge on any atom is -0.456 e. The molecule has 0 amide bonds. The molecule has 330 valence electrons. The number of fused-ring (bicyclic) bond motifs is 12. The SMILES string of the molecule is Cc1cc(-c2ccccc2)ccc1N1c2cc3oc4cc5c(cc4c3cc2B2c3c1cc1ccccc1c3-c1c(ccc3ccccc13)N2c1ccc(-c2ccccc2)cc1)C(C)(C)CCC5(C)C. The molecule has 0 unspecified atom stereocenters. The molecule has 0 spiro atoms. The lowest BCUT2D eigenvalue weighted by molar-refractivity contribution is 0.332. The first-order valence-electron chi connectivity index (χ1n) is 24.7. The second kappa shape index (κ2) is 14.6. The van der Waals surface area contributed by atoms with Gasteiger partial charge in [0.2, 0.25) is 0 Å². The third-order valence-corrected chi connectivity index (χ3v) is 16.2. The normalized spacial score (nSPS) is 15.3. The van der Waals surface area contributed by atoms with E-state index in [9.17, 15) is 0 Å². The van der Waals surface area contributed by atoms with E-state index in [2.05, 4.69) is 238 Å². The van der Waals surface area contributed by atoms with Gasteiger partial charge >= 0.3 is 6.85 Å². The van der Waals surface area contributed by atoms with Crippen LogP contribution in [0.3, 0.4) is 0 Å². The van der Waals surface area contributed by atoms with Gasteiger partial charge in [-0.3, -0.25) is 0 Å². The fourth-order valence-electron chi connectivity index (χ4n) is 12.5. The van der Waals surface area contributed by atoms with Crippen LogP contribution in [0.2, 0.25) is 0 Å². The average molecular weight is 887 g/mol. The van der Waals surface area contributed by atoms with Gasteiger partial charge in [-0.25, -0.2) is 0 Å². The van der Waals surface area contributed by atoms with Crippen LogP contribution < -0.4 is 20.6 Å². The Morgan fingerprint density at radius 1 is 0.435 bits per heavy atom. The molecule has 0 bridgehead atoms. The molecule has 0 N–H and O–H groups in total. The Labute approximate surface area is 404 Å². The third-order valence-electron chi connectivity index (χ3n) is 16.2. The third kappa shape index (κ3) is 5.94. The number of benzene rings is 10. The second-order valence-corrected chi connectivity index (χ2v) is 21.1. The molecule has 3 nitrogen and oxygen atoms in total. The maximum absolute atomic E-state index is 7.13. The Hall–Kier alpha value is -7.82. The van der Waals surface area contributed by atoms with E-state index in [0.29, 0.717) is 0 Å². The van der Waals surface area contributed by atoms with Gasteiger partial charge in [-0.1, -0.05) is 167 Å². The van der Waals surface area contributed by atoms with E-state index >= 15 is 0 Å². The van der Waals surface area contributed by atoms with Crippen LogP contribution in [0.15, 0.2) is 199 Å². The predicted molar refractivity (Wildman–Crippen MR) is 293 cm³/mol. The molecule has 0 saturated carbocycles. The molecule has 0 atom stereocenters. The summed E-state index contributed by atoms with van der Waals surface area (Å²) < 4.78 is 7.13. The first-order chi connectivity index (χ1) is 33.6. The van der Waals surface area contributed by atoms with E-state index in [1.807, 2.05) is 0 Å². The first-order valence-corrected chi connectivity index (χ1v) is 24.7. The van der Waals surface area contributed by atoms with Crippen LogP contribution in [0.1, 0.15) is 57.2 Å². The molecule has 1 aliphatic carbocycles. The van der Waals surface area contributed by atoms with E-state index in [1.54, 1.807) is 0 Å². The summed E-state index contributed by atoms with van der Waals surface area (Å²) in [7, 11) is 0. The zero-order chi connectivity index (χ0) is 46.3. The Bertz CT molecular complexity index is 3920. The molecular weight excluding hydrogens is 836 g/mol. The number of furan rings is 1. The van der Waals surface area contributed by atoms with Crippen LogP contribution in [-0.4, -0.2) is 6.85 Å². The standard InChI is InChI=1S/C65H51BN2O/c1-40-34-45(42-18-10-7-11-19-42)27-30-55(40)67-57-39-60-51(50-36-52-53(38-59(50)69-60)65(4,5)33-32-64(52,2)3)37-54(57)66-63-58(67)35-46-21-13-15-23-49(46)62(63)61-48-22-14-12-20-44(48)26-31-56(61)68(66)47-28-24-43(25-29-47)41-16-8-6-9-17-41/h6-31,34-39H,32-33H2,1-5H3. The molecule has 3 aliphatic rings. The minimum atomic E-state index is -0.173. The molecule has 0 radical (unpaired) electrons. The van der Waals surface area contributed by atoms with E-state index in [1.165, 1.54) is 99.3 Å². The Balaban J connectivity index is 1.11. The largest absolute Gasteiger partial charge is 0.456 e. The van der Waals surface area contributed by atoms with Gasteiger partial charge in [-0.05, 0) is 156 Å². The van der Waals surface area contributed by atoms with Gasteiger partial charge in [0.15, 0.2) is 0 Å². The van der Waals surface area contributed by atoms with E-state index in [-0.39, 0.29) is 17.7 Å². The average Bonchev–Trinajstić information content (AvgIpc) is 3.74. The van der Waals surface area contributed by atoms with Crippen molar-refractivity contribution in [1.82, 2.24) is 0 Å². The topological polar surface area (TPSA) is 19.6 Å². The molecule has 10 aromatic carbocycles. The smallest absolute Gasteiger partial charge is 0.333 e. The van der Waals surface area contributed by atoms with Crippen molar-refractivity contribution >= 4 is 89.7 Å². The fraction of sp³-hybridized carbons (Fsp3) is 0.138. The lowest BCUT2D eigenvalue weighted by Crippen LogP contribution is -2.61. The van der Waals surface area contributed by atoms with Crippen LogP contribution in [0, 0.1) is 6.92 Å². The molecule has 0 saturated heterocycles. The summed E-state index contributed by atoms with van der Waals surface area (Å²) in [6.07, 6.45) is 2.31. The van der Waals surface area contributed by atoms with Crippen molar-refractivity contribution in [2.45, 2.75) is 58.3 Å². The lowest BCUT2D eigenvalue weighted by atomic mass is 9.43. The summed E-state index contributed by atoms with van der Waals surface area (Å²) >= 11 is 0. The molecule has 0 fully saturated rings. The minimum absolute atomic E-state index is 0.0601. The lowest BCUT2D eigenvalue weighted by Gasteiger charge is -2.46. The van der Waals surface area contributed by atoms with Gasteiger partial charge in [0.1, 0.15) is 11.2 Å². The van der Waals surface area contributed by atoms with Crippen LogP contribution >= 0.6 is 0 Å². The highest BCUT2D eigenvalue weighted by Crippen LogP contribution is 2.53. The van der Waals surface area contributed by atoms with Crippen molar-refractivity contribution in [3.05, 3.63) is 211 Å². The van der Waals surface area contributed by atoms with Gasteiger partial charge < -0.3 is 14.1 Å². The zero-order valence-corrected chi connectivity index (χ0v) is 39.8. The van der Waals surface area contributed by atoms with Gasteiger partial charge in [0, 0.05) is 50.8 Å². The number of aryl methyl sites for hydroxylation is 1. The maximum atomic E-state index is 7.13. The molecule has 11 aromatic rings. The van der Waals surface area contributed by atoms with Crippen LogP contribution in [0.25, 0.3) is 76.9 Å². The van der Waals surface area contributed by atoms with E-state index < -0.39 is 0 Å². The maximum Gasteiger partial charge on any atom is 0.333 e. The van der Waals surface area contributed by atoms with Crippen molar-refractivity contribution in [1.29, 1.82) is 0 Å².